The van der Waals surface area contributed by atoms with Gasteiger partial charge in [-0.2, -0.15) is 0 Å². The largest absolute Gasteiger partial charge is 0.508 e. The Morgan fingerprint density at radius 3 is 2.37 bits per heavy atom. The molecule has 0 aliphatic heterocycles. The van der Waals surface area contributed by atoms with Crippen LogP contribution in [0.25, 0.3) is 0 Å². The van der Waals surface area contributed by atoms with E-state index in [-0.39, 0.29) is 12.1 Å². The van der Waals surface area contributed by atoms with Gasteiger partial charge in [0.1, 0.15) is 23.9 Å². The fourth-order valence-electron chi connectivity index (χ4n) is 4.98. The Hall–Kier alpha value is -3.22. The number of methoxy groups -OCH3 is 1. The molecule has 0 fully saturated rings. The van der Waals surface area contributed by atoms with Crippen molar-refractivity contribution in [3.05, 3.63) is 82.9 Å². The van der Waals surface area contributed by atoms with E-state index in [4.69, 9.17) is 9.47 Å². The predicted molar refractivity (Wildman–Crippen MR) is 154 cm³/mol. The highest BCUT2D eigenvalue weighted by Gasteiger charge is 2.25. The summed E-state index contributed by atoms with van der Waals surface area (Å²) in [4.78, 5) is 4.41. The van der Waals surface area contributed by atoms with E-state index in [0.717, 1.165) is 42.0 Å². The average molecular weight is 519 g/mol. The van der Waals surface area contributed by atoms with Gasteiger partial charge in [0.2, 0.25) is 0 Å². The molecule has 1 aliphatic carbocycles. The van der Waals surface area contributed by atoms with Crippen LogP contribution in [-0.2, 0) is 19.4 Å². The topological polar surface area (TPSA) is 65.4 Å². The zero-order valence-corrected chi connectivity index (χ0v) is 23.4. The smallest absolute Gasteiger partial charge is 0.120 e. The first-order valence-electron chi connectivity index (χ1n) is 13.4. The van der Waals surface area contributed by atoms with E-state index in [0.29, 0.717) is 31.4 Å². The van der Waals surface area contributed by atoms with Gasteiger partial charge in [0, 0.05) is 30.4 Å². The number of phenolic OH excluding ortho intramolecular Hbond substituents is 1. The normalized spacial score (nSPS) is 15.3. The van der Waals surface area contributed by atoms with E-state index in [9.17, 15) is 10.2 Å². The molecule has 3 aromatic rings. The Morgan fingerprint density at radius 2 is 1.68 bits per heavy atom. The van der Waals surface area contributed by atoms with Crippen molar-refractivity contribution in [3.63, 3.8) is 0 Å². The molecule has 0 saturated carbocycles. The van der Waals surface area contributed by atoms with E-state index in [2.05, 4.69) is 68.1 Å². The van der Waals surface area contributed by atoms with E-state index in [1.165, 1.54) is 16.7 Å². The summed E-state index contributed by atoms with van der Waals surface area (Å²) in [6.45, 7) is 6.18. The molecule has 0 saturated heterocycles. The molecule has 0 unspecified atom stereocenters. The lowest BCUT2D eigenvalue weighted by atomic mass is 9.79. The first kappa shape index (κ1) is 27.8. The first-order chi connectivity index (χ1) is 18.2. The summed E-state index contributed by atoms with van der Waals surface area (Å²) in [5.41, 5.74) is 5.99. The van der Waals surface area contributed by atoms with Crippen molar-refractivity contribution < 1.29 is 19.7 Å². The summed E-state index contributed by atoms with van der Waals surface area (Å²) < 4.78 is 11.7. The van der Waals surface area contributed by atoms with Crippen LogP contribution in [0.1, 0.15) is 48.4 Å². The summed E-state index contributed by atoms with van der Waals surface area (Å²) in [5, 5.41) is 19.9. The Bertz CT molecular complexity index is 1210. The molecule has 0 amide bonds. The van der Waals surface area contributed by atoms with Crippen LogP contribution in [0, 0.1) is 0 Å². The van der Waals surface area contributed by atoms with Crippen molar-refractivity contribution in [1.82, 2.24) is 4.90 Å². The van der Waals surface area contributed by atoms with Crippen LogP contribution in [-0.4, -0.2) is 61.6 Å². The summed E-state index contributed by atoms with van der Waals surface area (Å²) in [6, 6.07) is 20.3. The van der Waals surface area contributed by atoms with Gasteiger partial charge in [0.25, 0.3) is 0 Å². The third-order valence-electron chi connectivity index (χ3n) is 7.91. The number of hydrogen-bond donors (Lipinski definition) is 2. The zero-order valence-electron chi connectivity index (χ0n) is 23.4. The standard InChI is InChI=1S/C32H42N2O4/c1-32(2,33(3)4)22-38-28-12-6-23(7-13-28)21-34(16-17-35)31-20-29(37-5)14-15-30(31)26-9-8-25-19-27(36)11-10-24(25)18-26/h6-7,10-15,19-20,26,35-36H,8-9,16-18,21-22H2,1-5H3/t26-/m1/s1. The second-order valence-corrected chi connectivity index (χ2v) is 11.1. The number of rotatable bonds is 11. The number of phenols is 1. The number of likely N-dealkylation sites (N-methyl/N-ethyl adjacent to an activating group) is 1. The second kappa shape index (κ2) is 12.1. The lowest BCUT2D eigenvalue weighted by molar-refractivity contribution is 0.114. The maximum Gasteiger partial charge on any atom is 0.120 e. The number of aromatic hydroxyl groups is 1. The van der Waals surface area contributed by atoms with Crippen LogP contribution in [0.5, 0.6) is 17.2 Å². The minimum atomic E-state index is -0.0562. The number of ether oxygens (including phenoxy) is 2. The van der Waals surface area contributed by atoms with Gasteiger partial charge in [-0.25, -0.2) is 0 Å². The molecule has 204 valence electrons. The Balaban J connectivity index is 1.55. The number of anilines is 1. The van der Waals surface area contributed by atoms with Gasteiger partial charge >= 0.3 is 0 Å². The van der Waals surface area contributed by atoms with Crippen LogP contribution >= 0.6 is 0 Å². The summed E-state index contributed by atoms with van der Waals surface area (Å²) in [7, 11) is 5.81. The molecule has 0 radical (unpaired) electrons. The Labute approximate surface area is 227 Å². The van der Waals surface area contributed by atoms with Crippen LogP contribution in [0.4, 0.5) is 5.69 Å². The minimum absolute atomic E-state index is 0.0562. The first-order valence-corrected chi connectivity index (χ1v) is 13.4. The van der Waals surface area contributed by atoms with Crippen LogP contribution in [0.3, 0.4) is 0 Å². The summed E-state index contributed by atoms with van der Waals surface area (Å²) >= 11 is 0. The van der Waals surface area contributed by atoms with E-state index < -0.39 is 0 Å². The van der Waals surface area contributed by atoms with Crippen molar-refractivity contribution in [1.29, 1.82) is 0 Å². The van der Waals surface area contributed by atoms with Crippen molar-refractivity contribution in [3.8, 4) is 17.2 Å². The van der Waals surface area contributed by atoms with Gasteiger partial charge in [0.15, 0.2) is 0 Å². The Morgan fingerprint density at radius 1 is 0.947 bits per heavy atom. The number of nitrogens with zero attached hydrogens (tertiary/aromatic N) is 2. The van der Waals surface area contributed by atoms with E-state index >= 15 is 0 Å². The number of aliphatic hydroxyl groups is 1. The van der Waals surface area contributed by atoms with Gasteiger partial charge in [0.05, 0.1) is 13.7 Å². The number of hydrogen-bond acceptors (Lipinski definition) is 6. The zero-order chi connectivity index (χ0) is 27.3. The van der Waals surface area contributed by atoms with Crippen molar-refractivity contribution in [2.24, 2.45) is 0 Å². The molecule has 6 nitrogen and oxygen atoms in total. The lowest BCUT2D eigenvalue weighted by Gasteiger charge is -2.32. The third-order valence-corrected chi connectivity index (χ3v) is 7.91. The fourth-order valence-corrected chi connectivity index (χ4v) is 4.98. The molecule has 0 bridgehead atoms. The highest BCUT2D eigenvalue weighted by Crippen LogP contribution is 2.40. The molecule has 0 spiro atoms. The highest BCUT2D eigenvalue weighted by atomic mass is 16.5. The number of aliphatic hydroxyl groups excluding tert-OH is 1. The Kier molecular flexibility index (Phi) is 8.85. The third kappa shape index (κ3) is 6.61. The number of fused-ring (bicyclic) bond motifs is 1. The average Bonchev–Trinajstić information content (AvgIpc) is 2.91. The quantitative estimate of drug-likeness (QED) is 0.355. The van der Waals surface area contributed by atoms with Gasteiger partial charge < -0.3 is 29.5 Å². The SMILES string of the molecule is COc1ccc([C@@H]2CCc3cc(O)ccc3C2)c(N(CCO)Cc2ccc(OCC(C)(C)N(C)C)cc2)c1. The monoisotopic (exact) mass is 518 g/mol. The van der Waals surface area contributed by atoms with Crippen LogP contribution in [0.15, 0.2) is 60.7 Å². The van der Waals surface area contributed by atoms with Crippen LogP contribution < -0.4 is 14.4 Å². The van der Waals surface area contributed by atoms with Crippen molar-refractivity contribution >= 4 is 5.69 Å². The van der Waals surface area contributed by atoms with E-state index in [1.54, 1.807) is 13.2 Å². The number of benzene rings is 3. The molecule has 2 N–H and O–H groups in total. The maximum absolute atomic E-state index is 9.97. The van der Waals surface area contributed by atoms with Gasteiger partial charge in [-0.15, -0.1) is 0 Å². The molecule has 6 heteroatoms. The molecule has 38 heavy (non-hydrogen) atoms. The molecule has 3 aromatic carbocycles. The molecule has 1 atom stereocenters. The summed E-state index contributed by atoms with van der Waals surface area (Å²) in [5.74, 6) is 2.34. The van der Waals surface area contributed by atoms with Crippen molar-refractivity contribution in [2.45, 2.75) is 51.1 Å². The van der Waals surface area contributed by atoms with Gasteiger partial charge in [-0.05, 0) is 106 Å². The number of aryl methyl sites for hydroxylation is 1. The van der Waals surface area contributed by atoms with Crippen LogP contribution in [0.2, 0.25) is 0 Å². The minimum Gasteiger partial charge on any atom is -0.508 e. The predicted octanol–water partition coefficient (Wildman–Crippen LogP) is 5.39. The molecular weight excluding hydrogens is 476 g/mol. The fraction of sp³-hybridized carbons (Fsp3) is 0.438. The maximum atomic E-state index is 9.97. The van der Waals surface area contributed by atoms with Gasteiger partial charge in [-0.3, -0.25) is 0 Å². The summed E-state index contributed by atoms with van der Waals surface area (Å²) in [6.07, 6.45) is 2.88. The second-order valence-electron chi connectivity index (χ2n) is 11.1. The molecule has 1 aliphatic rings. The molecular formula is C32H42N2O4. The highest BCUT2D eigenvalue weighted by molar-refractivity contribution is 5.60. The molecule has 4 rings (SSSR count). The van der Waals surface area contributed by atoms with E-state index in [1.807, 2.05) is 24.3 Å². The molecule has 0 heterocycles. The molecule has 0 aromatic heterocycles. The lowest BCUT2D eigenvalue weighted by Crippen LogP contribution is -2.43. The van der Waals surface area contributed by atoms with Gasteiger partial charge in [-0.1, -0.05) is 24.3 Å². The van der Waals surface area contributed by atoms with Crippen molar-refractivity contribution in [2.75, 3.05) is 45.9 Å².